The Labute approximate surface area is 226 Å². The molecular formula is C16H21N4Na3O4. The van der Waals surface area contributed by atoms with Gasteiger partial charge in [0.15, 0.2) is 0 Å². The Kier molecular flexibility index (Phi) is 17.6. The number of hydrogen-bond donors (Lipinski definition) is 0. The normalized spacial score (nSPS) is 16.5. The third kappa shape index (κ3) is 12.3. The van der Waals surface area contributed by atoms with E-state index < -0.39 is 11.9 Å². The fraction of sp³-hybridized carbons (Fsp3) is 0.500. The van der Waals surface area contributed by atoms with Gasteiger partial charge in [-0.1, -0.05) is 6.07 Å². The molecule has 1 aliphatic rings. The molecule has 0 N–H and O–H groups in total. The van der Waals surface area contributed by atoms with Gasteiger partial charge in [-0.3, -0.25) is 21.8 Å². The molecule has 0 spiro atoms. The summed E-state index contributed by atoms with van der Waals surface area (Å²) in [6, 6.07) is 5.61. The second-order valence-electron chi connectivity index (χ2n) is 5.90. The van der Waals surface area contributed by atoms with Crippen molar-refractivity contribution in [2.45, 2.75) is 13.1 Å². The molecule has 0 amide bonds. The van der Waals surface area contributed by atoms with E-state index in [0.717, 1.165) is 11.4 Å². The van der Waals surface area contributed by atoms with Crippen LogP contribution in [0.15, 0.2) is 18.2 Å². The average molecular weight is 402 g/mol. The van der Waals surface area contributed by atoms with Crippen molar-refractivity contribution >= 4 is 11.9 Å². The molecule has 2 heterocycles. The average Bonchev–Trinajstić information content (AvgIpc) is 2.48. The molecule has 132 valence electrons. The van der Waals surface area contributed by atoms with Crippen molar-refractivity contribution in [3.63, 3.8) is 0 Å². The van der Waals surface area contributed by atoms with Gasteiger partial charge in [0.1, 0.15) is 0 Å². The van der Waals surface area contributed by atoms with Crippen molar-refractivity contribution in [1.29, 1.82) is 0 Å². The van der Waals surface area contributed by atoms with E-state index in [0.29, 0.717) is 39.3 Å². The fourth-order valence-electron chi connectivity index (χ4n) is 2.66. The molecule has 0 aromatic carbocycles. The van der Waals surface area contributed by atoms with Crippen LogP contribution in [0.4, 0.5) is 0 Å². The maximum atomic E-state index is 11.0. The molecule has 0 unspecified atom stereocenters. The van der Waals surface area contributed by atoms with Crippen molar-refractivity contribution in [1.82, 2.24) is 19.7 Å². The monoisotopic (exact) mass is 402 g/mol. The number of carboxylic acids is 2. The van der Waals surface area contributed by atoms with Crippen LogP contribution in [0.25, 0.3) is 0 Å². The number of pyridine rings is 1. The zero-order chi connectivity index (χ0) is 17.5. The molecule has 8 nitrogen and oxygen atoms in total. The SMILES string of the molecule is [CH2-]N1CCN(CC(=O)[O-])CCN(CC(=O)[O-])Cc2cccc(n2)C1.[Na+].[Na+].[Na+]. The molecule has 0 saturated carbocycles. The van der Waals surface area contributed by atoms with Crippen molar-refractivity contribution in [2.24, 2.45) is 0 Å². The number of aliphatic carboxylic acids is 2. The minimum atomic E-state index is -1.17. The molecule has 0 aliphatic carbocycles. The Bertz CT molecular complexity index is 595. The number of rotatable bonds is 4. The molecular weight excluding hydrogens is 381 g/mol. The fourth-order valence-corrected chi connectivity index (χ4v) is 2.66. The smallest absolute Gasteiger partial charge is 0.549 e. The molecule has 1 aromatic heterocycles. The second kappa shape index (κ2) is 15.8. The first-order valence-corrected chi connectivity index (χ1v) is 7.77. The largest absolute Gasteiger partial charge is 1.00 e. The number of nitrogens with zero attached hydrogens (tertiary/aromatic N) is 4. The van der Waals surface area contributed by atoms with Gasteiger partial charge in [-0.05, 0) is 18.7 Å². The van der Waals surface area contributed by atoms with Gasteiger partial charge in [0.05, 0.1) is 23.3 Å². The Hall–Kier alpha value is 0.970. The summed E-state index contributed by atoms with van der Waals surface area (Å²) in [6.45, 7) is 2.34. The topological polar surface area (TPSA) is 103 Å². The van der Waals surface area contributed by atoms with Gasteiger partial charge < -0.3 is 24.7 Å². The quantitative estimate of drug-likeness (QED) is 0.362. The van der Waals surface area contributed by atoms with Gasteiger partial charge >= 0.3 is 88.7 Å². The summed E-state index contributed by atoms with van der Waals surface area (Å²) in [5, 5.41) is 21.9. The Balaban J connectivity index is 0. The van der Waals surface area contributed by atoms with Gasteiger partial charge in [0.25, 0.3) is 0 Å². The molecule has 1 aromatic rings. The summed E-state index contributed by atoms with van der Waals surface area (Å²) in [5.41, 5.74) is 1.59. The summed E-state index contributed by atoms with van der Waals surface area (Å²) < 4.78 is 0. The standard InChI is InChI=1S/C16H23N4O4.3Na/c1-18-5-6-19(11-15(21)22)7-8-20(12-16(23)24)10-14-4-2-3-13(9-18)17-14;;;/h2-4H,1,5-12H2,(H,21,22)(H,23,24);;;/q-1;3*+1/p-2. The minimum Gasteiger partial charge on any atom is -0.549 e. The van der Waals surface area contributed by atoms with E-state index in [2.05, 4.69) is 12.0 Å². The summed E-state index contributed by atoms with van der Waals surface area (Å²) >= 11 is 0. The van der Waals surface area contributed by atoms with E-state index in [1.54, 1.807) is 9.80 Å². The van der Waals surface area contributed by atoms with Crippen molar-refractivity contribution in [3.05, 3.63) is 36.6 Å². The van der Waals surface area contributed by atoms with Gasteiger partial charge in [-0.25, -0.2) is 0 Å². The first-order chi connectivity index (χ1) is 11.4. The van der Waals surface area contributed by atoms with Crippen molar-refractivity contribution < 1.29 is 108 Å². The molecule has 27 heavy (non-hydrogen) atoms. The van der Waals surface area contributed by atoms with Crippen LogP contribution in [0.2, 0.25) is 0 Å². The molecule has 11 heteroatoms. The van der Waals surface area contributed by atoms with Crippen LogP contribution in [0.1, 0.15) is 11.4 Å². The molecule has 0 fully saturated rings. The van der Waals surface area contributed by atoms with Crippen LogP contribution in [-0.4, -0.2) is 70.9 Å². The van der Waals surface area contributed by atoms with E-state index >= 15 is 0 Å². The van der Waals surface area contributed by atoms with Gasteiger partial charge in [0.2, 0.25) is 0 Å². The summed E-state index contributed by atoms with van der Waals surface area (Å²) in [5.74, 6) is -2.33. The Morgan fingerprint density at radius 1 is 0.889 bits per heavy atom. The Morgan fingerprint density at radius 2 is 1.37 bits per heavy atom. The predicted molar refractivity (Wildman–Crippen MR) is 81.7 cm³/mol. The number of carbonyl (C=O) groups is 2. The van der Waals surface area contributed by atoms with E-state index in [1.165, 1.54) is 0 Å². The second-order valence-corrected chi connectivity index (χ2v) is 5.90. The summed E-state index contributed by atoms with van der Waals surface area (Å²) in [7, 11) is 3.95. The summed E-state index contributed by atoms with van der Waals surface area (Å²) in [6.07, 6.45) is 0. The number of aromatic nitrogens is 1. The number of hydrogen-bond acceptors (Lipinski definition) is 8. The van der Waals surface area contributed by atoms with Crippen molar-refractivity contribution in [2.75, 3.05) is 39.3 Å². The molecule has 0 saturated heterocycles. The minimum absolute atomic E-state index is 0. The predicted octanol–water partition coefficient (Wildman–Crippen LogP) is -11.7. The van der Waals surface area contributed by atoms with Crippen molar-refractivity contribution in [3.8, 4) is 0 Å². The molecule has 2 rings (SSSR count). The van der Waals surface area contributed by atoms with Crippen LogP contribution in [0.5, 0.6) is 0 Å². The first-order valence-electron chi connectivity index (χ1n) is 7.77. The van der Waals surface area contributed by atoms with E-state index in [1.807, 2.05) is 23.1 Å². The van der Waals surface area contributed by atoms with Gasteiger partial charge in [-0.2, -0.15) is 0 Å². The molecule has 1 aliphatic heterocycles. The summed E-state index contributed by atoms with van der Waals surface area (Å²) in [4.78, 5) is 31.6. The number of carboxylic acid groups (broad SMARTS) is 2. The molecule has 0 radical (unpaired) electrons. The van der Waals surface area contributed by atoms with E-state index in [-0.39, 0.29) is 102 Å². The van der Waals surface area contributed by atoms with Crippen LogP contribution >= 0.6 is 0 Å². The third-order valence-electron chi connectivity index (χ3n) is 3.81. The number of fused-ring (bicyclic) bond motifs is 2. The third-order valence-corrected chi connectivity index (χ3v) is 3.81. The zero-order valence-electron chi connectivity index (χ0n) is 16.5. The van der Waals surface area contributed by atoms with Gasteiger partial charge in [0, 0.05) is 45.8 Å². The van der Waals surface area contributed by atoms with Crippen LogP contribution in [0, 0.1) is 7.05 Å². The number of carbonyl (C=O) groups excluding carboxylic acids is 2. The van der Waals surface area contributed by atoms with Crippen LogP contribution in [0.3, 0.4) is 0 Å². The van der Waals surface area contributed by atoms with E-state index in [9.17, 15) is 19.8 Å². The van der Waals surface area contributed by atoms with Gasteiger partial charge in [-0.15, -0.1) is 0 Å². The zero-order valence-corrected chi connectivity index (χ0v) is 22.5. The van der Waals surface area contributed by atoms with Crippen LogP contribution < -0.4 is 98.9 Å². The molecule has 2 bridgehead atoms. The Morgan fingerprint density at radius 3 is 1.96 bits per heavy atom. The maximum absolute atomic E-state index is 11.0. The molecule has 0 atom stereocenters. The maximum Gasteiger partial charge on any atom is 1.00 e. The van der Waals surface area contributed by atoms with E-state index in [4.69, 9.17) is 0 Å². The van der Waals surface area contributed by atoms with Crippen LogP contribution in [-0.2, 0) is 22.7 Å². The first kappa shape index (κ1) is 30.2.